The van der Waals surface area contributed by atoms with Crippen LogP contribution >= 0.6 is 0 Å². The number of aliphatic carboxylic acids is 1. The molecule has 0 spiro atoms. The van der Waals surface area contributed by atoms with Crippen molar-refractivity contribution >= 4 is 5.97 Å². The first kappa shape index (κ1) is 20.2. The lowest BCUT2D eigenvalue weighted by Crippen LogP contribution is -2.03. The highest BCUT2D eigenvalue weighted by atomic mass is 16.4. The van der Waals surface area contributed by atoms with Crippen molar-refractivity contribution in [1.29, 1.82) is 0 Å². The summed E-state index contributed by atoms with van der Waals surface area (Å²) < 4.78 is 0. The highest BCUT2D eigenvalue weighted by molar-refractivity contribution is 5.66. The number of carboxylic acid groups (broad SMARTS) is 1. The summed E-state index contributed by atoms with van der Waals surface area (Å²) in [5, 5.41) is 17.9. The molecule has 0 fully saturated rings. The number of aliphatic hydroxyl groups is 1. The highest BCUT2D eigenvalue weighted by Crippen LogP contribution is 2.10. The molecule has 3 heteroatoms. The maximum absolute atomic E-state index is 10.3. The summed E-state index contributed by atoms with van der Waals surface area (Å²) in [5.41, 5.74) is 0. The molecule has 0 radical (unpaired) electrons. The molecule has 0 rings (SSSR count). The van der Waals surface area contributed by atoms with Crippen LogP contribution in [0.2, 0.25) is 0 Å². The molecule has 0 saturated heterocycles. The minimum Gasteiger partial charge on any atom is -0.481 e. The van der Waals surface area contributed by atoms with Gasteiger partial charge >= 0.3 is 5.97 Å². The fraction of sp³-hybridized carbons (Fsp3) is 0.833. The Bertz CT molecular complexity index is 261. The average molecular weight is 298 g/mol. The Morgan fingerprint density at radius 3 is 2.00 bits per heavy atom. The Kier molecular flexibility index (Phi) is 14.9. The van der Waals surface area contributed by atoms with Crippen LogP contribution in [0.25, 0.3) is 0 Å². The normalized spacial score (nSPS) is 12.9. The second-order valence-corrected chi connectivity index (χ2v) is 5.87. The molecule has 0 aromatic heterocycles. The Labute approximate surface area is 130 Å². The summed E-state index contributed by atoms with van der Waals surface area (Å²) in [4.78, 5) is 10.3. The van der Waals surface area contributed by atoms with Crippen LogP contribution in [-0.2, 0) is 4.79 Å². The molecule has 0 saturated carbocycles. The van der Waals surface area contributed by atoms with Crippen LogP contribution in [0, 0.1) is 0 Å². The van der Waals surface area contributed by atoms with E-state index in [0.717, 1.165) is 51.4 Å². The third kappa shape index (κ3) is 17.1. The minimum absolute atomic E-state index is 0.101. The number of aliphatic hydroxyl groups excluding tert-OH is 1. The number of hydrogen-bond acceptors (Lipinski definition) is 2. The largest absolute Gasteiger partial charge is 0.481 e. The fourth-order valence-electron chi connectivity index (χ4n) is 2.33. The second kappa shape index (κ2) is 15.6. The van der Waals surface area contributed by atoms with Gasteiger partial charge in [-0.3, -0.25) is 4.79 Å². The van der Waals surface area contributed by atoms with Gasteiger partial charge in [-0.25, -0.2) is 0 Å². The average Bonchev–Trinajstić information content (AvgIpc) is 2.46. The van der Waals surface area contributed by atoms with Crippen molar-refractivity contribution in [2.24, 2.45) is 0 Å². The molecule has 1 atom stereocenters. The Morgan fingerprint density at radius 1 is 0.905 bits per heavy atom. The summed E-state index contributed by atoms with van der Waals surface area (Å²) >= 11 is 0. The molecule has 124 valence electrons. The Morgan fingerprint density at radius 2 is 1.43 bits per heavy atom. The number of carbonyl (C=O) groups is 1. The van der Waals surface area contributed by atoms with E-state index in [-0.39, 0.29) is 6.10 Å². The van der Waals surface area contributed by atoms with Gasteiger partial charge in [-0.1, -0.05) is 51.2 Å². The fourth-order valence-corrected chi connectivity index (χ4v) is 2.33. The summed E-state index contributed by atoms with van der Waals surface area (Å²) in [6.45, 7) is 2.03. The van der Waals surface area contributed by atoms with Crippen molar-refractivity contribution in [2.45, 2.75) is 96.5 Å². The van der Waals surface area contributed by atoms with E-state index >= 15 is 0 Å². The lowest BCUT2D eigenvalue weighted by Gasteiger charge is -2.05. The van der Waals surface area contributed by atoms with Gasteiger partial charge < -0.3 is 10.2 Å². The van der Waals surface area contributed by atoms with Crippen molar-refractivity contribution in [3.63, 3.8) is 0 Å². The molecule has 0 aliphatic rings. The van der Waals surface area contributed by atoms with Gasteiger partial charge in [-0.05, 0) is 44.9 Å². The maximum Gasteiger partial charge on any atom is 0.303 e. The quantitative estimate of drug-likeness (QED) is 0.327. The lowest BCUT2D eigenvalue weighted by atomic mass is 10.1. The smallest absolute Gasteiger partial charge is 0.303 e. The predicted octanol–water partition coefficient (Wildman–Crippen LogP) is 5.08. The van der Waals surface area contributed by atoms with Gasteiger partial charge in [0, 0.05) is 6.42 Å². The van der Waals surface area contributed by atoms with Crippen LogP contribution in [-0.4, -0.2) is 22.3 Å². The van der Waals surface area contributed by atoms with E-state index in [1.165, 1.54) is 25.7 Å². The SMILES string of the molecule is CCC(O)CCCCCC=CCCCCCCCC(=O)O. The van der Waals surface area contributed by atoms with Crippen molar-refractivity contribution < 1.29 is 15.0 Å². The van der Waals surface area contributed by atoms with Crippen LogP contribution in [0.3, 0.4) is 0 Å². The van der Waals surface area contributed by atoms with Gasteiger partial charge in [-0.15, -0.1) is 0 Å². The molecule has 0 aromatic carbocycles. The van der Waals surface area contributed by atoms with Gasteiger partial charge in [0.05, 0.1) is 6.10 Å². The zero-order chi connectivity index (χ0) is 15.8. The topological polar surface area (TPSA) is 57.5 Å². The standard InChI is InChI=1S/C18H34O3/c1-2-17(19)15-13-11-9-7-5-3-4-6-8-10-12-14-16-18(20)21/h3,5,17,19H,2,4,6-16H2,1H3,(H,20,21). The van der Waals surface area contributed by atoms with Crippen LogP contribution < -0.4 is 0 Å². The molecule has 0 amide bonds. The van der Waals surface area contributed by atoms with E-state index in [1.807, 2.05) is 6.92 Å². The van der Waals surface area contributed by atoms with E-state index in [4.69, 9.17) is 5.11 Å². The molecule has 0 aromatic rings. The van der Waals surface area contributed by atoms with Crippen molar-refractivity contribution in [3.8, 4) is 0 Å². The molecule has 21 heavy (non-hydrogen) atoms. The first-order valence-electron chi connectivity index (χ1n) is 8.71. The highest BCUT2D eigenvalue weighted by Gasteiger charge is 1.99. The number of rotatable bonds is 15. The summed E-state index contributed by atoms with van der Waals surface area (Å²) in [5.74, 6) is -0.679. The molecule has 0 aliphatic carbocycles. The minimum atomic E-state index is -0.679. The zero-order valence-electron chi connectivity index (χ0n) is 13.7. The molecular formula is C18H34O3. The molecule has 1 unspecified atom stereocenters. The molecule has 2 N–H and O–H groups in total. The van der Waals surface area contributed by atoms with Gasteiger partial charge in [-0.2, -0.15) is 0 Å². The van der Waals surface area contributed by atoms with Crippen LogP contribution in [0.4, 0.5) is 0 Å². The Hall–Kier alpha value is -0.830. The third-order valence-corrected chi connectivity index (χ3v) is 3.81. The van der Waals surface area contributed by atoms with Gasteiger partial charge in [0.15, 0.2) is 0 Å². The molecule has 0 aliphatic heterocycles. The maximum atomic E-state index is 10.3. The van der Waals surface area contributed by atoms with Gasteiger partial charge in [0.1, 0.15) is 0 Å². The van der Waals surface area contributed by atoms with E-state index in [1.54, 1.807) is 0 Å². The number of unbranched alkanes of at least 4 members (excludes halogenated alkanes) is 8. The monoisotopic (exact) mass is 298 g/mol. The first-order chi connectivity index (χ1) is 10.2. The van der Waals surface area contributed by atoms with E-state index in [0.29, 0.717) is 6.42 Å². The predicted molar refractivity (Wildman–Crippen MR) is 88.5 cm³/mol. The third-order valence-electron chi connectivity index (χ3n) is 3.81. The Balaban J connectivity index is 3.14. The van der Waals surface area contributed by atoms with Crippen LogP contribution in [0.15, 0.2) is 12.2 Å². The van der Waals surface area contributed by atoms with Crippen LogP contribution in [0.5, 0.6) is 0 Å². The van der Waals surface area contributed by atoms with E-state index in [2.05, 4.69) is 12.2 Å². The van der Waals surface area contributed by atoms with Crippen molar-refractivity contribution in [2.75, 3.05) is 0 Å². The first-order valence-corrected chi connectivity index (χ1v) is 8.71. The summed E-state index contributed by atoms with van der Waals surface area (Å²) in [7, 11) is 0. The zero-order valence-corrected chi connectivity index (χ0v) is 13.7. The number of allylic oxidation sites excluding steroid dienone is 2. The van der Waals surface area contributed by atoms with Crippen LogP contribution in [0.1, 0.15) is 90.4 Å². The van der Waals surface area contributed by atoms with E-state index < -0.39 is 5.97 Å². The number of hydrogen-bond donors (Lipinski definition) is 2. The van der Waals surface area contributed by atoms with Crippen molar-refractivity contribution in [3.05, 3.63) is 12.2 Å². The second-order valence-electron chi connectivity index (χ2n) is 5.87. The van der Waals surface area contributed by atoms with E-state index in [9.17, 15) is 9.90 Å². The summed E-state index contributed by atoms with van der Waals surface area (Å²) in [6.07, 6.45) is 17.9. The molecule has 0 heterocycles. The number of carboxylic acids is 1. The van der Waals surface area contributed by atoms with Gasteiger partial charge in [0.25, 0.3) is 0 Å². The molecular weight excluding hydrogens is 264 g/mol. The molecule has 3 nitrogen and oxygen atoms in total. The molecule has 0 bridgehead atoms. The van der Waals surface area contributed by atoms with Gasteiger partial charge in [0.2, 0.25) is 0 Å². The summed E-state index contributed by atoms with van der Waals surface area (Å²) in [6, 6.07) is 0. The lowest BCUT2D eigenvalue weighted by molar-refractivity contribution is -0.137. The van der Waals surface area contributed by atoms with Crippen molar-refractivity contribution in [1.82, 2.24) is 0 Å².